The van der Waals surface area contributed by atoms with E-state index in [-0.39, 0.29) is 17.5 Å². The number of fused-ring (bicyclic) bond motifs is 1. The van der Waals surface area contributed by atoms with Gasteiger partial charge in [0.15, 0.2) is 0 Å². The Kier molecular flexibility index (Phi) is 9.03. The van der Waals surface area contributed by atoms with E-state index in [0.29, 0.717) is 35.6 Å². The second kappa shape index (κ2) is 12.0. The molecule has 1 heterocycles. The van der Waals surface area contributed by atoms with Gasteiger partial charge in [0.2, 0.25) is 5.91 Å². The Balaban J connectivity index is 2.18. The van der Waals surface area contributed by atoms with Crippen LogP contribution < -0.4 is 5.56 Å². The molecule has 5 nitrogen and oxygen atoms in total. The number of para-hydroxylation sites is 2. The van der Waals surface area contributed by atoms with Gasteiger partial charge >= 0.3 is 0 Å². The second-order valence-electron chi connectivity index (χ2n) is 9.51. The Morgan fingerprint density at radius 2 is 1.71 bits per heavy atom. The lowest BCUT2D eigenvalue weighted by Crippen LogP contribution is -2.38. The average Bonchev–Trinajstić information content (AvgIpc) is 2.84. The Morgan fingerprint density at radius 3 is 2.41 bits per heavy atom. The largest absolute Gasteiger partial charge is 0.333 e. The molecule has 3 aromatic rings. The van der Waals surface area contributed by atoms with Crippen molar-refractivity contribution in [2.45, 2.75) is 79.2 Å². The molecule has 1 amide bonds. The number of aromatic nitrogens is 2. The van der Waals surface area contributed by atoms with Gasteiger partial charge in [0, 0.05) is 13.0 Å². The summed E-state index contributed by atoms with van der Waals surface area (Å²) in [5.41, 5.74) is 2.51. The van der Waals surface area contributed by atoms with Gasteiger partial charge in [0.25, 0.3) is 5.56 Å². The SMILES string of the molecule is CCCCCC(=O)N(CCC(C)C)C(C)c1nc2ccccc2c(=O)n1-c1ccccc1CC. The van der Waals surface area contributed by atoms with Crippen LogP contribution in [0.4, 0.5) is 0 Å². The number of unbranched alkanes of at least 4 members (excludes halogenated alkanes) is 2. The monoisotopic (exact) mass is 461 g/mol. The summed E-state index contributed by atoms with van der Waals surface area (Å²) in [5, 5.41) is 0.590. The van der Waals surface area contributed by atoms with Crippen LogP contribution in [0.25, 0.3) is 16.6 Å². The van der Waals surface area contributed by atoms with E-state index in [0.717, 1.165) is 43.4 Å². The van der Waals surface area contributed by atoms with E-state index in [1.165, 1.54) is 0 Å². The van der Waals surface area contributed by atoms with Crippen LogP contribution in [0.2, 0.25) is 0 Å². The lowest BCUT2D eigenvalue weighted by molar-refractivity contribution is -0.133. The summed E-state index contributed by atoms with van der Waals surface area (Å²) in [5.74, 6) is 1.24. The van der Waals surface area contributed by atoms with Crippen molar-refractivity contribution in [1.82, 2.24) is 14.5 Å². The first-order valence-electron chi connectivity index (χ1n) is 12.8. The minimum atomic E-state index is -0.324. The van der Waals surface area contributed by atoms with E-state index >= 15 is 0 Å². The van der Waals surface area contributed by atoms with E-state index in [1.807, 2.05) is 54.3 Å². The highest BCUT2D eigenvalue weighted by molar-refractivity contribution is 5.79. The zero-order chi connectivity index (χ0) is 24.7. The average molecular weight is 462 g/mol. The number of amides is 1. The molecule has 1 atom stereocenters. The molecule has 182 valence electrons. The molecule has 34 heavy (non-hydrogen) atoms. The van der Waals surface area contributed by atoms with Crippen molar-refractivity contribution < 1.29 is 4.79 Å². The molecule has 0 aliphatic heterocycles. The lowest BCUT2D eigenvalue weighted by Gasteiger charge is -2.31. The smallest absolute Gasteiger partial charge is 0.266 e. The predicted molar refractivity (Wildman–Crippen MR) is 140 cm³/mol. The number of nitrogens with zero attached hydrogens (tertiary/aromatic N) is 3. The first-order chi connectivity index (χ1) is 16.4. The number of hydrogen-bond acceptors (Lipinski definition) is 3. The highest BCUT2D eigenvalue weighted by Crippen LogP contribution is 2.26. The van der Waals surface area contributed by atoms with Crippen LogP contribution in [0.1, 0.15) is 84.2 Å². The van der Waals surface area contributed by atoms with Gasteiger partial charge in [0.1, 0.15) is 5.82 Å². The molecule has 0 aliphatic carbocycles. The summed E-state index contributed by atoms with van der Waals surface area (Å²) in [6.07, 6.45) is 5.25. The van der Waals surface area contributed by atoms with E-state index < -0.39 is 0 Å². The quantitative estimate of drug-likeness (QED) is 0.308. The highest BCUT2D eigenvalue weighted by Gasteiger charge is 2.27. The zero-order valence-corrected chi connectivity index (χ0v) is 21.4. The normalized spacial score (nSPS) is 12.3. The van der Waals surface area contributed by atoms with Crippen molar-refractivity contribution in [3.8, 4) is 5.69 Å². The van der Waals surface area contributed by atoms with Crippen LogP contribution >= 0.6 is 0 Å². The molecule has 5 heteroatoms. The van der Waals surface area contributed by atoms with Gasteiger partial charge in [-0.05, 0) is 55.9 Å². The molecule has 0 saturated carbocycles. The molecule has 0 bridgehead atoms. The van der Waals surface area contributed by atoms with E-state index in [1.54, 1.807) is 4.57 Å². The van der Waals surface area contributed by atoms with Crippen molar-refractivity contribution in [2.75, 3.05) is 6.54 Å². The number of hydrogen-bond donors (Lipinski definition) is 0. The fraction of sp³-hybridized carbons (Fsp3) is 0.483. The molecule has 0 saturated heterocycles. The molecule has 3 rings (SSSR count). The molecule has 0 aliphatic rings. The maximum absolute atomic E-state index is 13.8. The minimum Gasteiger partial charge on any atom is -0.333 e. The van der Waals surface area contributed by atoms with Crippen LogP contribution in [0, 0.1) is 5.92 Å². The maximum atomic E-state index is 13.8. The van der Waals surface area contributed by atoms with Crippen LogP contribution in [0.15, 0.2) is 53.3 Å². The minimum absolute atomic E-state index is 0.0874. The standard InChI is InChI=1S/C29H39N3O2/c1-6-8-9-18-27(33)31(20-19-21(3)4)22(5)28-30-25-16-12-11-15-24(25)29(34)32(28)26-17-13-10-14-23(26)7-2/h10-17,21-22H,6-9,18-20H2,1-5H3. The summed E-state index contributed by atoms with van der Waals surface area (Å²) in [6, 6.07) is 15.1. The Hall–Kier alpha value is -2.95. The molecular weight excluding hydrogens is 422 g/mol. The van der Waals surface area contributed by atoms with Gasteiger partial charge in [-0.15, -0.1) is 0 Å². The van der Waals surface area contributed by atoms with Gasteiger partial charge in [0.05, 0.1) is 22.6 Å². The first-order valence-corrected chi connectivity index (χ1v) is 12.8. The second-order valence-corrected chi connectivity index (χ2v) is 9.51. The summed E-state index contributed by atoms with van der Waals surface area (Å²) < 4.78 is 1.74. The van der Waals surface area contributed by atoms with Crippen LogP contribution in [-0.2, 0) is 11.2 Å². The fourth-order valence-corrected chi connectivity index (χ4v) is 4.43. The third kappa shape index (κ3) is 5.75. The van der Waals surface area contributed by atoms with Crippen molar-refractivity contribution in [3.05, 3.63) is 70.3 Å². The Labute approximate surface area is 203 Å². The van der Waals surface area contributed by atoms with Crippen molar-refractivity contribution in [1.29, 1.82) is 0 Å². The van der Waals surface area contributed by atoms with Gasteiger partial charge in [-0.2, -0.15) is 0 Å². The molecule has 0 spiro atoms. The number of benzene rings is 2. The number of rotatable bonds is 11. The van der Waals surface area contributed by atoms with Gasteiger partial charge < -0.3 is 4.90 Å². The highest BCUT2D eigenvalue weighted by atomic mass is 16.2. The van der Waals surface area contributed by atoms with Crippen LogP contribution in [0.3, 0.4) is 0 Å². The molecule has 0 radical (unpaired) electrons. The molecule has 1 aromatic heterocycles. The summed E-state index contributed by atoms with van der Waals surface area (Å²) in [7, 11) is 0. The van der Waals surface area contributed by atoms with Crippen molar-refractivity contribution in [2.24, 2.45) is 5.92 Å². The maximum Gasteiger partial charge on any atom is 0.266 e. The fourth-order valence-electron chi connectivity index (χ4n) is 4.43. The summed E-state index contributed by atoms with van der Waals surface area (Å²) in [6.45, 7) is 11.2. The lowest BCUT2D eigenvalue weighted by atomic mass is 10.1. The third-order valence-electron chi connectivity index (χ3n) is 6.52. The molecular formula is C29H39N3O2. The van der Waals surface area contributed by atoms with E-state index in [2.05, 4.69) is 33.8 Å². The number of carbonyl (C=O) groups excluding carboxylic acids is 1. The molecule has 1 unspecified atom stereocenters. The third-order valence-corrected chi connectivity index (χ3v) is 6.52. The van der Waals surface area contributed by atoms with Gasteiger partial charge in [-0.3, -0.25) is 14.2 Å². The molecule has 2 aromatic carbocycles. The Bertz CT molecular complexity index is 1170. The molecule has 0 N–H and O–H groups in total. The number of carbonyl (C=O) groups is 1. The van der Waals surface area contributed by atoms with Crippen LogP contribution in [0.5, 0.6) is 0 Å². The van der Waals surface area contributed by atoms with Crippen LogP contribution in [-0.4, -0.2) is 26.9 Å². The Morgan fingerprint density at radius 1 is 1.00 bits per heavy atom. The van der Waals surface area contributed by atoms with E-state index in [4.69, 9.17) is 4.98 Å². The molecule has 0 fully saturated rings. The number of aryl methyl sites for hydroxylation is 1. The van der Waals surface area contributed by atoms with Gasteiger partial charge in [-0.25, -0.2) is 4.98 Å². The van der Waals surface area contributed by atoms with Crippen molar-refractivity contribution >= 4 is 16.8 Å². The summed E-state index contributed by atoms with van der Waals surface area (Å²) >= 11 is 0. The van der Waals surface area contributed by atoms with E-state index in [9.17, 15) is 9.59 Å². The van der Waals surface area contributed by atoms with Crippen molar-refractivity contribution in [3.63, 3.8) is 0 Å². The first kappa shape index (κ1) is 25.7. The summed E-state index contributed by atoms with van der Waals surface area (Å²) in [4.78, 5) is 34.1. The predicted octanol–water partition coefficient (Wildman–Crippen LogP) is 6.46. The zero-order valence-electron chi connectivity index (χ0n) is 21.4. The topological polar surface area (TPSA) is 55.2 Å². The van der Waals surface area contributed by atoms with Gasteiger partial charge in [-0.1, -0.05) is 70.9 Å².